The molecule has 36 nitrogen and oxygen atoms in total. The number of phenols is 15. The average molecular weight is 1680 g/mol. The maximum absolute atomic E-state index is 12.3. The molecule has 0 aliphatic carbocycles. The van der Waals surface area contributed by atoms with E-state index >= 15 is 0 Å². The minimum atomic E-state index is -0.576. The molecule has 0 radical (unpaired) electrons. The number of nitrogens with one attached hydrogen (secondary N) is 9. The second-order valence-electron chi connectivity index (χ2n) is 28.3. The highest BCUT2D eigenvalue weighted by molar-refractivity contribution is 5.88. The number of nitrogens with zero attached hydrogens (tertiary/aromatic N) is 2. The standard InChI is InChI=1S/C17H23NO5.C15H20N2O4.C14H20N2O4.C13H17N3O2.C13H18N2O5.C12H18N2O4/c1-11(19)13-6-2-3-10-18(13)15(21)7-4-5-12-8-9-14(20)17(23)16(12)22;1-9-2-3-11(8-17-9)15(21)16-7-6-10-4-5-12(18)14(20)13(10)19;1-9(2)15-8-6-12(18)16-7-5-10-3-4-11(17)14(20)13(10)19;1-9(8-17)13(18)14-7-6-12-10-4-2-3-5-11(10)15-16-12;1-14-10(17)4-5-11(18)15-7-6-8-2-3-9(16)13(20)12(8)19;1-2-8(13)12(18)14-6-5-7-3-4-9(15)11(17)10(7)16/h8-9,13,20,22-23H,2-7,10H2,1H3;4-5,11,17-20H,1-3,6-8H2,(H,16,21);3-4,15,17,19-20H,1,5-8H2,2H3,(H,16,18);2-5,9,17H,6-8H2,1H3,(H,14,18)(H,15,16);2-3,16,19-20H,4-7H2,1H3,(H,14,17)(H,15,18);3-4,8,15-17H,2,5-6,13H2,1H3,(H,14,18)/t;;;9-;;8-/m...0.0/s1. The molecule has 2 unspecified atom stereocenters. The first-order valence-corrected chi connectivity index (χ1v) is 39.1. The fraction of sp³-hybridized carbons (Fsp3) is 0.417. The number of carbonyl (C=O) groups excluding carboxylic acids is 8. The number of H-pyrrole nitrogens is 1. The SMILES string of the molecule is C=C(C)NCCC(=O)NCCc1ccc(O)c(O)c1O.C=C1CCC(C(=O)NCCc2ccc(O)c(O)c2O)CN1.CC(=O)C1CCCCN1C(=O)CCCc1ccc(O)c(O)c1O.CC[C@H](N)C(=O)NCCc1ccc(O)c(O)c1O.CNC(=O)CCC(=O)NCCc1ccc(O)c(O)c1O.C[C@@H](CO)C(=O)NCCc1[nH]nc2ccccc12. The summed E-state index contributed by atoms with van der Waals surface area (Å²) in [4.78, 5) is 94.3. The number of carbonyl (C=O) groups is 8. The van der Waals surface area contributed by atoms with Crippen molar-refractivity contribution in [3.05, 3.63) is 143 Å². The summed E-state index contributed by atoms with van der Waals surface area (Å²) in [7, 11) is 1.50. The van der Waals surface area contributed by atoms with Crippen molar-refractivity contribution in [3.63, 3.8) is 0 Å². The summed E-state index contributed by atoms with van der Waals surface area (Å²) in [5.41, 5.74) is 11.5. The molecule has 36 heteroatoms. The molecule has 656 valence electrons. The fourth-order valence-electron chi connectivity index (χ4n) is 11.8. The number of benzene rings is 6. The quantitative estimate of drug-likeness (QED) is 0.0244. The lowest BCUT2D eigenvalue weighted by Crippen LogP contribution is -2.47. The van der Waals surface area contributed by atoms with E-state index in [0.29, 0.717) is 131 Å². The van der Waals surface area contributed by atoms with Crippen LogP contribution in [0.1, 0.15) is 132 Å². The van der Waals surface area contributed by atoms with Crippen LogP contribution in [0.4, 0.5) is 0 Å². The second-order valence-corrected chi connectivity index (χ2v) is 28.3. The fourth-order valence-corrected chi connectivity index (χ4v) is 11.8. The van der Waals surface area contributed by atoms with Gasteiger partial charge in [-0.25, -0.2) is 0 Å². The molecule has 9 rings (SSSR count). The molecule has 0 spiro atoms. The Morgan fingerprint density at radius 2 is 0.950 bits per heavy atom. The van der Waals surface area contributed by atoms with Gasteiger partial charge in [-0.3, -0.25) is 43.5 Å². The van der Waals surface area contributed by atoms with Crippen molar-refractivity contribution < 1.29 is 120 Å². The Kier molecular flexibility index (Phi) is 42.2. The molecule has 7 amide bonds. The molecule has 2 aliphatic heterocycles. The van der Waals surface area contributed by atoms with Crippen molar-refractivity contribution >= 4 is 58.0 Å². The van der Waals surface area contributed by atoms with E-state index in [0.717, 1.165) is 60.1 Å². The van der Waals surface area contributed by atoms with E-state index in [9.17, 15) is 105 Å². The van der Waals surface area contributed by atoms with E-state index in [1.165, 1.54) is 74.6 Å². The number of piperidine rings is 2. The summed E-state index contributed by atoms with van der Waals surface area (Å²) in [6.07, 6.45) is 8.54. The van der Waals surface area contributed by atoms with Crippen LogP contribution in [0.2, 0.25) is 0 Å². The van der Waals surface area contributed by atoms with Gasteiger partial charge in [0.15, 0.2) is 63.3 Å². The number of aliphatic hydroxyl groups is 1. The van der Waals surface area contributed by atoms with E-state index in [1.807, 2.05) is 38.1 Å². The van der Waals surface area contributed by atoms with Gasteiger partial charge in [-0.1, -0.05) is 75.5 Å². The van der Waals surface area contributed by atoms with E-state index in [2.05, 4.69) is 65.9 Å². The molecule has 2 saturated heterocycles. The number of ketones is 1. The summed E-state index contributed by atoms with van der Waals surface area (Å²) in [6, 6.07) is 21.0. The van der Waals surface area contributed by atoms with Gasteiger partial charge in [0, 0.05) is 114 Å². The van der Waals surface area contributed by atoms with Gasteiger partial charge in [0.2, 0.25) is 70.1 Å². The average Bonchev–Trinajstić information content (AvgIpc) is 1.68. The first-order valence-electron chi connectivity index (χ1n) is 39.1. The number of aromatic nitrogens is 2. The van der Waals surface area contributed by atoms with Gasteiger partial charge in [0.1, 0.15) is 0 Å². The number of para-hydroxylation sites is 1. The molecule has 0 bridgehead atoms. The lowest BCUT2D eigenvalue weighted by Gasteiger charge is -2.34. The van der Waals surface area contributed by atoms with Gasteiger partial charge in [-0.15, -0.1) is 0 Å². The number of nitrogens with two attached hydrogens (primary N) is 1. The number of aromatic amines is 1. The number of aromatic hydroxyl groups is 15. The molecule has 1 aromatic heterocycles. The van der Waals surface area contributed by atoms with Crippen LogP contribution >= 0.6 is 0 Å². The van der Waals surface area contributed by atoms with Crippen molar-refractivity contribution in [2.75, 3.05) is 66.0 Å². The molecule has 7 aromatic rings. The molecule has 6 aromatic carbocycles. The van der Waals surface area contributed by atoms with Crippen molar-refractivity contribution in [2.45, 2.75) is 149 Å². The molecule has 27 N–H and O–H groups in total. The van der Waals surface area contributed by atoms with E-state index in [4.69, 9.17) is 21.1 Å². The first-order chi connectivity index (χ1) is 57.0. The van der Waals surface area contributed by atoms with E-state index in [1.54, 1.807) is 11.8 Å². The maximum atomic E-state index is 12.3. The number of Topliss-reactive ketones (excluding diaryl/α,β-unsaturated/α-hetero) is 1. The van der Waals surface area contributed by atoms with Gasteiger partial charge in [-0.05, 0) is 155 Å². The van der Waals surface area contributed by atoms with Gasteiger partial charge in [0.05, 0.1) is 36.0 Å². The highest BCUT2D eigenvalue weighted by Crippen LogP contribution is 2.41. The summed E-state index contributed by atoms with van der Waals surface area (Å²) in [5, 5.41) is 180. The predicted molar refractivity (Wildman–Crippen MR) is 445 cm³/mol. The summed E-state index contributed by atoms with van der Waals surface area (Å²) in [5.74, 6) is -7.91. The minimum Gasteiger partial charge on any atom is -0.504 e. The Bertz CT molecular complexity index is 4580. The highest BCUT2D eigenvalue weighted by Gasteiger charge is 2.30. The molecule has 2 aliphatic rings. The number of rotatable bonds is 32. The summed E-state index contributed by atoms with van der Waals surface area (Å²) < 4.78 is 0. The monoisotopic (exact) mass is 1680 g/mol. The molecule has 3 heterocycles. The van der Waals surface area contributed by atoms with Crippen LogP contribution in [0, 0.1) is 11.8 Å². The molecule has 0 saturated carbocycles. The van der Waals surface area contributed by atoms with Gasteiger partial charge in [0.25, 0.3) is 0 Å². The molecule has 2 fully saturated rings. The molecular weight excluding hydrogens is 1560 g/mol. The molecule has 4 atom stereocenters. The Morgan fingerprint density at radius 3 is 1.39 bits per heavy atom. The van der Waals surface area contributed by atoms with E-state index in [-0.39, 0.29) is 143 Å². The van der Waals surface area contributed by atoms with Crippen LogP contribution in [-0.2, 0) is 76.9 Å². The van der Waals surface area contributed by atoms with Crippen LogP contribution in [0.25, 0.3) is 10.9 Å². The maximum Gasteiger partial charge on any atom is 0.236 e. The van der Waals surface area contributed by atoms with Crippen LogP contribution in [0.5, 0.6) is 86.2 Å². The number of hydrogen-bond donors (Lipinski definition) is 26. The van der Waals surface area contributed by atoms with E-state index < -0.39 is 46.3 Å². The first kappa shape index (κ1) is 99.1. The number of allylic oxidation sites excluding steroid dienone is 2. The third-order valence-electron chi connectivity index (χ3n) is 19.1. The second kappa shape index (κ2) is 51.1. The number of aryl methyl sites for hydroxylation is 1. The van der Waals surface area contributed by atoms with Gasteiger partial charge in [-0.2, -0.15) is 5.10 Å². The Hall–Kier alpha value is -13.3. The molecule has 120 heavy (non-hydrogen) atoms. The third kappa shape index (κ3) is 32.7. The summed E-state index contributed by atoms with van der Waals surface area (Å²) >= 11 is 0. The largest absolute Gasteiger partial charge is 0.504 e. The summed E-state index contributed by atoms with van der Waals surface area (Å²) in [6.45, 7) is 17.7. The number of hydrogen-bond acceptors (Lipinski definition) is 28. The number of likely N-dealkylation sites (tertiary alicyclic amines) is 1. The van der Waals surface area contributed by atoms with Crippen LogP contribution in [0.3, 0.4) is 0 Å². The van der Waals surface area contributed by atoms with Crippen LogP contribution in [0.15, 0.2) is 109 Å². The van der Waals surface area contributed by atoms with Crippen molar-refractivity contribution in [1.82, 2.24) is 57.6 Å². The number of fused-ring (bicyclic) bond motifs is 1. The minimum absolute atomic E-state index is 0.0270. The third-order valence-corrected chi connectivity index (χ3v) is 19.1. The Morgan fingerprint density at radius 1 is 0.517 bits per heavy atom. The number of aliphatic hydroxyl groups excluding tert-OH is 1. The predicted octanol–water partition coefficient (Wildman–Crippen LogP) is 5.08. The van der Waals surface area contributed by atoms with Crippen molar-refractivity contribution in [3.8, 4) is 86.2 Å². The Balaban J connectivity index is 0.000000303. The zero-order chi connectivity index (χ0) is 89.3. The number of phenolic OH excluding ortho intramolecular Hbond substituents is 15. The number of amides is 7. The lowest BCUT2D eigenvalue weighted by molar-refractivity contribution is -0.140. The Labute approximate surface area is 694 Å². The van der Waals surface area contributed by atoms with Crippen molar-refractivity contribution in [2.24, 2.45) is 17.6 Å². The van der Waals surface area contributed by atoms with Gasteiger partial charge >= 0.3 is 0 Å². The molecular formula is C84H116N12O24. The lowest BCUT2D eigenvalue weighted by atomic mass is 9.97. The topological polar surface area (TPSA) is 614 Å². The smallest absolute Gasteiger partial charge is 0.236 e. The highest BCUT2D eigenvalue weighted by atomic mass is 16.4. The van der Waals surface area contributed by atoms with Gasteiger partial charge < -0.3 is 135 Å². The van der Waals surface area contributed by atoms with Crippen molar-refractivity contribution in [1.29, 1.82) is 0 Å². The van der Waals surface area contributed by atoms with Crippen LogP contribution < -0.4 is 48.3 Å². The van der Waals surface area contributed by atoms with Crippen LogP contribution in [-0.4, -0.2) is 222 Å². The zero-order valence-corrected chi connectivity index (χ0v) is 68.1. The zero-order valence-electron chi connectivity index (χ0n) is 68.1. The normalized spacial score (nSPS) is 13.7.